The maximum atomic E-state index is 12.0. The molecule has 120 valence electrons. The number of carbonyl (C=O) groups excluding carboxylic acids is 1. The van der Waals surface area contributed by atoms with Crippen molar-refractivity contribution in [1.29, 1.82) is 0 Å². The molecule has 0 aliphatic rings. The second-order valence-corrected chi connectivity index (χ2v) is 5.63. The maximum absolute atomic E-state index is 12.0. The minimum absolute atomic E-state index is 0. The highest BCUT2D eigenvalue weighted by atomic mass is 35.5. The lowest BCUT2D eigenvalue weighted by molar-refractivity contribution is -0.118. The van der Waals surface area contributed by atoms with E-state index in [0.717, 1.165) is 17.9 Å². The Morgan fingerprint density at radius 1 is 1.33 bits per heavy atom. The van der Waals surface area contributed by atoms with Gasteiger partial charge in [0.1, 0.15) is 5.75 Å². The Labute approximate surface area is 133 Å². The second-order valence-electron chi connectivity index (χ2n) is 5.63. The Bertz CT molecular complexity index is 438. The summed E-state index contributed by atoms with van der Waals surface area (Å²) in [6.07, 6.45) is 0.881. The Kier molecular flexibility index (Phi) is 9.06. The minimum Gasteiger partial charge on any atom is -0.493 e. The van der Waals surface area contributed by atoms with E-state index < -0.39 is 6.04 Å². The zero-order chi connectivity index (χ0) is 15.1. The predicted octanol–water partition coefficient (Wildman–Crippen LogP) is 3.46. The van der Waals surface area contributed by atoms with Gasteiger partial charge in [0.2, 0.25) is 5.91 Å². The van der Waals surface area contributed by atoms with Crippen LogP contribution in [0, 0.1) is 11.8 Å². The van der Waals surface area contributed by atoms with Crippen LogP contribution in [-0.2, 0) is 4.79 Å². The molecule has 0 aliphatic carbocycles. The van der Waals surface area contributed by atoms with Gasteiger partial charge in [0, 0.05) is 11.8 Å². The van der Waals surface area contributed by atoms with E-state index in [1.807, 2.05) is 38.1 Å². The molecule has 4 nitrogen and oxygen atoms in total. The molecule has 0 saturated carbocycles. The number of nitrogens with one attached hydrogen (secondary N) is 1. The second kappa shape index (κ2) is 9.64. The van der Waals surface area contributed by atoms with Crippen molar-refractivity contribution in [1.82, 2.24) is 0 Å². The number of hydrogen-bond acceptors (Lipinski definition) is 3. The van der Waals surface area contributed by atoms with Gasteiger partial charge in [-0.1, -0.05) is 40.2 Å². The molecule has 0 heterocycles. The van der Waals surface area contributed by atoms with Crippen molar-refractivity contribution in [3.8, 4) is 5.75 Å². The molecule has 2 atom stereocenters. The van der Waals surface area contributed by atoms with Gasteiger partial charge < -0.3 is 15.8 Å². The summed E-state index contributed by atoms with van der Waals surface area (Å²) < 4.78 is 5.64. The molecule has 21 heavy (non-hydrogen) atoms. The summed E-state index contributed by atoms with van der Waals surface area (Å²) in [6, 6.07) is 6.92. The molecule has 2 unspecified atom stereocenters. The standard InChI is InChI=1S/C16H26N2O2.ClH/c1-5-12(4)15(17)16(19)18-13-7-6-8-14(9-13)20-10-11(2)3;/h6-9,11-12,15H,5,10,17H2,1-4H3,(H,18,19);1H. The first-order chi connectivity index (χ1) is 9.43. The van der Waals surface area contributed by atoms with Gasteiger partial charge in [-0.15, -0.1) is 12.4 Å². The van der Waals surface area contributed by atoms with Gasteiger partial charge in [-0.25, -0.2) is 0 Å². The lowest BCUT2D eigenvalue weighted by atomic mass is 9.99. The van der Waals surface area contributed by atoms with Gasteiger partial charge in [-0.3, -0.25) is 4.79 Å². The SMILES string of the molecule is CCC(C)C(N)C(=O)Nc1cccc(OCC(C)C)c1.Cl. The van der Waals surface area contributed by atoms with Crippen LogP contribution in [0.1, 0.15) is 34.1 Å². The van der Waals surface area contributed by atoms with Crippen LogP contribution >= 0.6 is 12.4 Å². The average molecular weight is 315 g/mol. The molecule has 1 rings (SSSR count). The normalized spacial score (nSPS) is 13.2. The monoisotopic (exact) mass is 314 g/mol. The Hall–Kier alpha value is -1.26. The minimum atomic E-state index is -0.486. The highest BCUT2D eigenvalue weighted by molar-refractivity contribution is 5.95. The van der Waals surface area contributed by atoms with Crippen LogP contribution in [0.5, 0.6) is 5.75 Å². The third kappa shape index (κ3) is 6.82. The number of halogens is 1. The van der Waals surface area contributed by atoms with Crippen molar-refractivity contribution in [3.63, 3.8) is 0 Å². The van der Waals surface area contributed by atoms with Crippen LogP contribution in [0.15, 0.2) is 24.3 Å². The fourth-order valence-electron chi connectivity index (χ4n) is 1.66. The van der Waals surface area contributed by atoms with Crippen molar-refractivity contribution in [3.05, 3.63) is 24.3 Å². The topological polar surface area (TPSA) is 64.4 Å². The molecule has 0 fully saturated rings. The lowest BCUT2D eigenvalue weighted by Crippen LogP contribution is -2.40. The van der Waals surface area contributed by atoms with Crippen LogP contribution in [0.3, 0.4) is 0 Å². The zero-order valence-corrected chi connectivity index (χ0v) is 14.1. The summed E-state index contributed by atoms with van der Waals surface area (Å²) in [4.78, 5) is 12.0. The molecule has 1 amide bonds. The van der Waals surface area contributed by atoms with E-state index in [4.69, 9.17) is 10.5 Å². The average Bonchev–Trinajstić information content (AvgIpc) is 2.43. The Morgan fingerprint density at radius 3 is 2.57 bits per heavy atom. The highest BCUT2D eigenvalue weighted by Crippen LogP contribution is 2.18. The van der Waals surface area contributed by atoms with Crippen LogP contribution in [0.2, 0.25) is 0 Å². The van der Waals surface area contributed by atoms with E-state index >= 15 is 0 Å². The van der Waals surface area contributed by atoms with E-state index in [1.165, 1.54) is 0 Å². The first kappa shape index (κ1) is 19.7. The maximum Gasteiger partial charge on any atom is 0.241 e. The van der Waals surface area contributed by atoms with Crippen LogP contribution < -0.4 is 15.8 Å². The summed E-state index contributed by atoms with van der Waals surface area (Å²) in [5.74, 6) is 1.23. The molecule has 0 spiro atoms. The molecule has 0 radical (unpaired) electrons. The van der Waals surface area contributed by atoms with E-state index in [2.05, 4.69) is 19.2 Å². The molecule has 5 heteroatoms. The molecule has 3 N–H and O–H groups in total. The quantitative estimate of drug-likeness (QED) is 0.810. The molecule has 0 bridgehead atoms. The van der Waals surface area contributed by atoms with Crippen LogP contribution in [0.25, 0.3) is 0 Å². The van der Waals surface area contributed by atoms with Gasteiger partial charge in [-0.2, -0.15) is 0 Å². The first-order valence-electron chi connectivity index (χ1n) is 7.23. The molecule has 0 aliphatic heterocycles. The Balaban J connectivity index is 0.00000400. The summed E-state index contributed by atoms with van der Waals surface area (Å²) in [6.45, 7) is 8.85. The number of anilines is 1. The summed E-state index contributed by atoms with van der Waals surface area (Å²) >= 11 is 0. The lowest BCUT2D eigenvalue weighted by Gasteiger charge is -2.18. The molecule has 1 aromatic rings. The number of carbonyl (C=O) groups is 1. The van der Waals surface area contributed by atoms with E-state index in [-0.39, 0.29) is 24.2 Å². The fraction of sp³-hybridized carbons (Fsp3) is 0.562. The van der Waals surface area contributed by atoms with Crippen molar-refractivity contribution in [2.45, 2.75) is 40.2 Å². The molecular weight excluding hydrogens is 288 g/mol. The summed E-state index contributed by atoms with van der Waals surface area (Å²) in [5, 5.41) is 2.84. The third-order valence-corrected chi connectivity index (χ3v) is 3.24. The van der Waals surface area contributed by atoms with Crippen molar-refractivity contribution in [2.24, 2.45) is 17.6 Å². The number of hydrogen-bond donors (Lipinski definition) is 2. The highest BCUT2D eigenvalue weighted by Gasteiger charge is 2.19. The molecule has 0 saturated heterocycles. The van der Waals surface area contributed by atoms with Crippen LogP contribution in [0.4, 0.5) is 5.69 Å². The molecule has 0 aromatic heterocycles. The van der Waals surface area contributed by atoms with Gasteiger partial charge in [0.25, 0.3) is 0 Å². The van der Waals surface area contributed by atoms with Crippen molar-refractivity contribution < 1.29 is 9.53 Å². The predicted molar refractivity (Wildman–Crippen MR) is 90.1 cm³/mol. The number of amides is 1. The van der Waals surface area contributed by atoms with Gasteiger partial charge >= 0.3 is 0 Å². The van der Waals surface area contributed by atoms with Crippen LogP contribution in [-0.4, -0.2) is 18.6 Å². The van der Waals surface area contributed by atoms with E-state index in [9.17, 15) is 4.79 Å². The van der Waals surface area contributed by atoms with Gasteiger partial charge in [0.15, 0.2) is 0 Å². The molecule has 1 aromatic carbocycles. The van der Waals surface area contributed by atoms with Crippen molar-refractivity contribution in [2.75, 3.05) is 11.9 Å². The number of ether oxygens (including phenoxy) is 1. The fourth-order valence-corrected chi connectivity index (χ4v) is 1.66. The zero-order valence-electron chi connectivity index (χ0n) is 13.3. The van der Waals surface area contributed by atoms with E-state index in [1.54, 1.807) is 0 Å². The van der Waals surface area contributed by atoms with Gasteiger partial charge in [-0.05, 0) is 24.0 Å². The molecular formula is C16H27ClN2O2. The number of nitrogens with two attached hydrogens (primary N) is 1. The summed E-state index contributed by atoms with van der Waals surface area (Å²) in [7, 11) is 0. The van der Waals surface area contributed by atoms with E-state index in [0.29, 0.717) is 12.5 Å². The summed E-state index contributed by atoms with van der Waals surface area (Å²) in [5.41, 5.74) is 6.63. The number of rotatable bonds is 7. The smallest absolute Gasteiger partial charge is 0.241 e. The van der Waals surface area contributed by atoms with Gasteiger partial charge in [0.05, 0.1) is 12.6 Å². The van der Waals surface area contributed by atoms with Crippen molar-refractivity contribution >= 4 is 24.0 Å². The number of benzene rings is 1. The largest absolute Gasteiger partial charge is 0.493 e. The first-order valence-corrected chi connectivity index (χ1v) is 7.23. The third-order valence-electron chi connectivity index (χ3n) is 3.24. The Morgan fingerprint density at radius 2 is 2.00 bits per heavy atom.